The van der Waals surface area contributed by atoms with Gasteiger partial charge in [-0.3, -0.25) is 9.59 Å². The average Bonchev–Trinajstić information content (AvgIpc) is 3.25. The van der Waals surface area contributed by atoms with Crippen molar-refractivity contribution >= 4 is 17.6 Å². The smallest absolute Gasteiger partial charge is 0.242 e. The molecule has 2 saturated heterocycles. The van der Waals surface area contributed by atoms with Crippen molar-refractivity contribution < 1.29 is 18.7 Å². The Morgan fingerprint density at radius 1 is 1.06 bits per heavy atom. The van der Waals surface area contributed by atoms with Crippen molar-refractivity contribution in [2.24, 2.45) is 5.92 Å². The number of ether oxygens (including phenoxy) is 1. The lowest BCUT2D eigenvalue weighted by Gasteiger charge is -2.29. The summed E-state index contributed by atoms with van der Waals surface area (Å²) < 4.78 is 18.9. The van der Waals surface area contributed by atoms with Crippen LogP contribution in [0.25, 0.3) is 11.3 Å². The van der Waals surface area contributed by atoms with Crippen molar-refractivity contribution in [3.8, 4) is 11.3 Å². The van der Waals surface area contributed by atoms with E-state index in [0.717, 1.165) is 43.8 Å². The zero-order chi connectivity index (χ0) is 24.8. The number of rotatable bonds is 7. The summed E-state index contributed by atoms with van der Waals surface area (Å²) in [5.74, 6) is 0.254. The van der Waals surface area contributed by atoms with E-state index in [1.807, 2.05) is 30.9 Å². The molecule has 1 aromatic heterocycles. The number of anilines is 1. The highest BCUT2D eigenvalue weighted by Gasteiger charge is 2.28. The first-order valence-corrected chi connectivity index (χ1v) is 12.4. The molecule has 0 aliphatic carbocycles. The predicted octanol–water partition coefficient (Wildman–Crippen LogP) is 2.99. The summed E-state index contributed by atoms with van der Waals surface area (Å²) in [4.78, 5) is 31.5. The number of benzene rings is 1. The van der Waals surface area contributed by atoms with E-state index in [1.54, 1.807) is 17.0 Å². The van der Waals surface area contributed by atoms with Crippen LogP contribution in [0.2, 0.25) is 0 Å². The Labute approximate surface area is 206 Å². The molecule has 1 aromatic carbocycles. The summed E-state index contributed by atoms with van der Waals surface area (Å²) in [5.41, 5.74) is 1.49. The SMILES string of the molecule is CC(C)C(=O)N(CC(=O)N1CCCN(c2ccc(-c3ccc(F)cc3)nn2)CC1)CC1CCCO1. The first-order chi connectivity index (χ1) is 16.9. The molecule has 1 unspecified atom stereocenters. The molecule has 1 atom stereocenters. The fourth-order valence-electron chi connectivity index (χ4n) is 4.56. The summed E-state index contributed by atoms with van der Waals surface area (Å²) in [6.45, 7) is 7.60. The lowest BCUT2D eigenvalue weighted by atomic mass is 10.1. The van der Waals surface area contributed by atoms with Crippen LogP contribution in [0.4, 0.5) is 10.2 Å². The average molecular weight is 484 g/mol. The third-order valence-electron chi connectivity index (χ3n) is 6.54. The highest BCUT2D eigenvalue weighted by molar-refractivity contribution is 5.85. The first-order valence-electron chi connectivity index (χ1n) is 12.4. The maximum atomic E-state index is 13.2. The summed E-state index contributed by atoms with van der Waals surface area (Å²) >= 11 is 0. The summed E-state index contributed by atoms with van der Waals surface area (Å²) in [5, 5.41) is 8.68. The van der Waals surface area contributed by atoms with Gasteiger partial charge in [0.05, 0.1) is 18.3 Å². The Hall–Kier alpha value is -3.07. The molecule has 2 amide bonds. The monoisotopic (exact) mass is 483 g/mol. The normalized spacial score (nSPS) is 18.6. The van der Waals surface area contributed by atoms with Crippen LogP contribution in [-0.2, 0) is 14.3 Å². The van der Waals surface area contributed by atoms with Gasteiger partial charge >= 0.3 is 0 Å². The molecule has 0 N–H and O–H groups in total. The Bertz CT molecular complexity index is 993. The van der Waals surface area contributed by atoms with Gasteiger partial charge in [-0.2, -0.15) is 0 Å². The van der Waals surface area contributed by atoms with E-state index >= 15 is 0 Å². The zero-order valence-corrected chi connectivity index (χ0v) is 20.5. The summed E-state index contributed by atoms with van der Waals surface area (Å²) in [6.07, 6.45) is 2.74. The molecule has 2 aromatic rings. The van der Waals surface area contributed by atoms with E-state index < -0.39 is 0 Å². The second kappa shape index (κ2) is 11.6. The number of amides is 2. The van der Waals surface area contributed by atoms with E-state index in [1.165, 1.54) is 12.1 Å². The Balaban J connectivity index is 1.35. The van der Waals surface area contributed by atoms with Crippen LogP contribution in [-0.4, -0.2) is 83.8 Å². The van der Waals surface area contributed by atoms with Crippen LogP contribution >= 0.6 is 0 Å². The number of aromatic nitrogens is 2. The van der Waals surface area contributed by atoms with Crippen LogP contribution in [0.1, 0.15) is 33.1 Å². The zero-order valence-electron chi connectivity index (χ0n) is 20.5. The van der Waals surface area contributed by atoms with Crippen LogP contribution < -0.4 is 4.90 Å². The van der Waals surface area contributed by atoms with Gasteiger partial charge in [-0.1, -0.05) is 13.8 Å². The second-order valence-corrected chi connectivity index (χ2v) is 9.51. The topological polar surface area (TPSA) is 78.9 Å². The molecular formula is C26H34FN5O3. The van der Waals surface area contributed by atoms with Gasteiger partial charge in [0.25, 0.3) is 0 Å². The van der Waals surface area contributed by atoms with Gasteiger partial charge in [0.15, 0.2) is 5.82 Å². The molecule has 8 nitrogen and oxygen atoms in total. The highest BCUT2D eigenvalue weighted by Crippen LogP contribution is 2.20. The number of nitrogens with zero attached hydrogens (tertiary/aromatic N) is 5. The van der Waals surface area contributed by atoms with Crippen molar-refractivity contribution in [1.82, 2.24) is 20.0 Å². The molecule has 188 valence electrons. The van der Waals surface area contributed by atoms with E-state index in [-0.39, 0.29) is 36.2 Å². The van der Waals surface area contributed by atoms with E-state index in [4.69, 9.17) is 4.74 Å². The molecule has 0 bridgehead atoms. The van der Waals surface area contributed by atoms with E-state index in [9.17, 15) is 14.0 Å². The van der Waals surface area contributed by atoms with Crippen molar-refractivity contribution in [3.05, 3.63) is 42.2 Å². The fourth-order valence-corrected chi connectivity index (χ4v) is 4.56. The molecule has 2 aliphatic rings. The number of carbonyl (C=O) groups is 2. The Kier molecular flexibility index (Phi) is 8.28. The van der Waals surface area contributed by atoms with Gasteiger partial charge < -0.3 is 19.4 Å². The molecule has 9 heteroatoms. The van der Waals surface area contributed by atoms with Crippen molar-refractivity contribution in [3.63, 3.8) is 0 Å². The van der Waals surface area contributed by atoms with E-state index in [0.29, 0.717) is 31.9 Å². The van der Waals surface area contributed by atoms with Crippen LogP contribution in [0, 0.1) is 11.7 Å². The lowest BCUT2D eigenvalue weighted by Crippen LogP contribution is -2.47. The van der Waals surface area contributed by atoms with Gasteiger partial charge in [-0.15, -0.1) is 10.2 Å². The maximum absolute atomic E-state index is 13.2. The van der Waals surface area contributed by atoms with Crippen LogP contribution in [0.15, 0.2) is 36.4 Å². The van der Waals surface area contributed by atoms with Gasteiger partial charge in [0.1, 0.15) is 5.82 Å². The molecule has 3 heterocycles. The number of halogens is 1. The number of carbonyl (C=O) groups excluding carboxylic acids is 2. The lowest BCUT2D eigenvalue weighted by molar-refractivity contribution is -0.143. The van der Waals surface area contributed by atoms with Gasteiger partial charge in [0.2, 0.25) is 11.8 Å². The molecule has 2 fully saturated rings. The fraction of sp³-hybridized carbons (Fsp3) is 0.538. The van der Waals surface area contributed by atoms with Gasteiger partial charge in [0, 0.05) is 50.8 Å². The molecule has 0 spiro atoms. The summed E-state index contributed by atoms with van der Waals surface area (Å²) in [6, 6.07) is 9.96. The third kappa shape index (κ3) is 6.54. The van der Waals surface area contributed by atoms with Crippen molar-refractivity contribution in [1.29, 1.82) is 0 Å². The Morgan fingerprint density at radius 2 is 1.86 bits per heavy atom. The number of hydrogen-bond acceptors (Lipinski definition) is 6. The maximum Gasteiger partial charge on any atom is 0.242 e. The summed E-state index contributed by atoms with van der Waals surface area (Å²) in [7, 11) is 0. The molecular weight excluding hydrogens is 449 g/mol. The van der Waals surface area contributed by atoms with Gasteiger partial charge in [-0.05, 0) is 55.7 Å². The minimum Gasteiger partial charge on any atom is -0.376 e. The molecule has 0 saturated carbocycles. The number of hydrogen-bond donors (Lipinski definition) is 0. The third-order valence-corrected chi connectivity index (χ3v) is 6.54. The molecule has 35 heavy (non-hydrogen) atoms. The largest absolute Gasteiger partial charge is 0.376 e. The van der Waals surface area contributed by atoms with E-state index in [2.05, 4.69) is 15.1 Å². The highest BCUT2D eigenvalue weighted by atomic mass is 19.1. The molecule has 0 radical (unpaired) electrons. The van der Waals surface area contributed by atoms with Crippen LogP contribution in [0.3, 0.4) is 0 Å². The first kappa shape index (κ1) is 25.0. The minimum atomic E-state index is -0.287. The quantitative estimate of drug-likeness (QED) is 0.603. The predicted molar refractivity (Wildman–Crippen MR) is 131 cm³/mol. The second-order valence-electron chi connectivity index (χ2n) is 9.51. The molecule has 4 rings (SSSR count). The minimum absolute atomic E-state index is 0.0122. The molecule has 2 aliphatic heterocycles. The Morgan fingerprint density at radius 3 is 2.51 bits per heavy atom. The van der Waals surface area contributed by atoms with Crippen molar-refractivity contribution in [2.75, 3.05) is 50.8 Å². The standard InChI is InChI=1S/C26H34FN5O3/c1-19(2)26(34)32(17-22-5-3-16-35-22)18-25(33)31-13-4-12-30(14-15-31)24-11-10-23(28-29-24)20-6-8-21(27)9-7-20/h6-11,19,22H,3-5,12-18H2,1-2H3. The van der Waals surface area contributed by atoms with Crippen LogP contribution in [0.5, 0.6) is 0 Å². The van der Waals surface area contributed by atoms with Crippen molar-refractivity contribution in [2.45, 2.75) is 39.2 Å². The van der Waals surface area contributed by atoms with Gasteiger partial charge in [-0.25, -0.2) is 4.39 Å².